The third kappa shape index (κ3) is 2.95. The van der Waals surface area contributed by atoms with Crippen molar-refractivity contribution in [2.75, 3.05) is 12.8 Å². The summed E-state index contributed by atoms with van der Waals surface area (Å²) in [5, 5.41) is 7.61. The van der Waals surface area contributed by atoms with Crippen molar-refractivity contribution in [2.45, 2.75) is 37.5 Å². The second-order valence-corrected chi connectivity index (χ2v) is 6.42. The fraction of sp³-hybridized carbons (Fsp3) is 0.727. The summed E-state index contributed by atoms with van der Waals surface area (Å²) < 4.78 is 0. The minimum absolute atomic E-state index is 0.596. The van der Waals surface area contributed by atoms with Crippen LogP contribution in [0.15, 0.2) is 5.38 Å². The maximum atomic E-state index is 4.54. The summed E-state index contributed by atoms with van der Waals surface area (Å²) in [6.07, 6.45) is 3.82. The highest BCUT2D eigenvalue weighted by Gasteiger charge is 2.24. The van der Waals surface area contributed by atoms with Crippen molar-refractivity contribution in [3.63, 3.8) is 0 Å². The van der Waals surface area contributed by atoms with Crippen molar-refractivity contribution in [1.29, 1.82) is 0 Å². The van der Waals surface area contributed by atoms with E-state index in [9.17, 15) is 0 Å². The van der Waals surface area contributed by atoms with Crippen molar-refractivity contribution in [3.8, 4) is 0 Å². The van der Waals surface area contributed by atoms with E-state index in [4.69, 9.17) is 0 Å². The fourth-order valence-electron chi connectivity index (χ4n) is 2.07. The molecule has 2 atom stereocenters. The maximum Gasteiger partial charge on any atom is 0.0897 e. The Morgan fingerprint density at radius 1 is 1.67 bits per heavy atom. The molecule has 4 heteroatoms. The molecule has 1 aromatic heterocycles. The average molecular weight is 242 g/mol. The Morgan fingerprint density at radius 3 is 3.07 bits per heavy atom. The molecule has 0 amide bonds. The van der Waals surface area contributed by atoms with Crippen LogP contribution in [0.25, 0.3) is 0 Å². The van der Waals surface area contributed by atoms with Crippen LogP contribution in [0.4, 0.5) is 0 Å². The van der Waals surface area contributed by atoms with Crippen LogP contribution in [0.1, 0.15) is 23.5 Å². The summed E-state index contributed by atoms with van der Waals surface area (Å²) in [5.41, 5.74) is 1.25. The third-order valence-electron chi connectivity index (χ3n) is 2.88. The molecule has 0 aliphatic carbocycles. The zero-order valence-electron chi connectivity index (χ0n) is 9.32. The van der Waals surface area contributed by atoms with Gasteiger partial charge in [-0.15, -0.1) is 11.3 Å². The molecule has 15 heavy (non-hydrogen) atoms. The van der Waals surface area contributed by atoms with Crippen LogP contribution < -0.4 is 5.32 Å². The van der Waals surface area contributed by atoms with Gasteiger partial charge in [-0.1, -0.05) is 0 Å². The summed E-state index contributed by atoms with van der Waals surface area (Å²) in [6.45, 7) is 2.08. The van der Waals surface area contributed by atoms with Crippen LogP contribution >= 0.6 is 23.1 Å². The van der Waals surface area contributed by atoms with Crippen LogP contribution in [0.5, 0.6) is 0 Å². The van der Waals surface area contributed by atoms with Crippen LogP contribution in [0, 0.1) is 6.92 Å². The van der Waals surface area contributed by atoms with Crippen molar-refractivity contribution >= 4 is 23.1 Å². The summed E-state index contributed by atoms with van der Waals surface area (Å²) in [6, 6.07) is 0.596. The first-order valence-electron chi connectivity index (χ1n) is 5.49. The van der Waals surface area contributed by atoms with Gasteiger partial charge in [0.25, 0.3) is 0 Å². The highest BCUT2D eigenvalue weighted by molar-refractivity contribution is 8.00. The second-order valence-electron chi connectivity index (χ2n) is 4.01. The lowest BCUT2D eigenvalue weighted by Gasteiger charge is -2.21. The van der Waals surface area contributed by atoms with E-state index >= 15 is 0 Å². The Labute approximate surface area is 99.9 Å². The molecular weight excluding hydrogens is 224 g/mol. The maximum absolute atomic E-state index is 4.54. The van der Waals surface area contributed by atoms with Crippen molar-refractivity contribution in [3.05, 3.63) is 16.1 Å². The number of hydrogen-bond donors (Lipinski definition) is 1. The Kier molecular flexibility index (Phi) is 4.05. The van der Waals surface area contributed by atoms with Gasteiger partial charge in [0, 0.05) is 23.1 Å². The number of aryl methyl sites for hydroxylation is 1. The van der Waals surface area contributed by atoms with Crippen LogP contribution in [-0.2, 0) is 6.42 Å². The summed E-state index contributed by atoms with van der Waals surface area (Å²) in [4.78, 5) is 4.54. The van der Waals surface area contributed by atoms with E-state index in [1.807, 2.05) is 0 Å². The molecule has 0 saturated carbocycles. The van der Waals surface area contributed by atoms with Gasteiger partial charge in [0.05, 0.1) is 10.7 Å². The number of thiazole rings is 1. The van der Waals surface area contributed by atoms with Crippen LogP contribution in [0.3, 0.4) is 0 Å². The number of likely N-dealkylation sites (N-methyl/N-ethyl adjacent to an activating group) is 1. The molecule has 2 heterocycles. The van der Waals surface area contributed by atoms with E-state index in [-0.39, 0.29) is 0 Å². The first kappa shape index (κ1) is 11.4. The first-order valence-corrected chi connectivity index (χ1v) is 7.42. The molecule has 0 aromatic carbocycles. The van der Waals surface area contributed by atoms with Crippen molar-refractivity contribution in [2.24, 2.45) is 0 Å². The topological polar surface area (TPSA) is 24.9 Å². The molecule has 0 spiro atoms. The lowest BCUT2D eigenvalue weighted by atomic mass is 10.1. The lowest BCUT2D eigenvalue weighted by molar-refractivity contribution is 0.520. The number of rotatable bonds is 4. The quantitative estimate of drug-likeness (QED) is 0.878. The van der Waals surface area contributed by atoms with E-state index in [1.54, 1.807) is 11.3 Å². The molecule has 1 saturated heterocycles. The number of hydrogen-bond acceptors (Lipinski definition) is 4. The number of thioether (sulfide) groups is 1. The smallest absolute Gasteiger partial charge is 0.0897 e. The molecule has 1 aliphatic heterocycles. The van der Waals surface area contributed by atoms with E-state index in [1.165, 1.54) is 29.3 Å². The van der Waals surface area contributed by atoms with Crippen LogP contribution in [0.2, 0.25) is 0 Å². The molecule has 84 valence electrons. The molecule has 1 N–H and O–H groups in total. The van der Waals surface area contributed by atoms with Gasteiger partial charge >= 0.3 is 0 Å². The second kappa shape index (κ2) is 5.32. The highest BCUT2D eigenvalue weighted by Crippen LogP contribution is 2.30. The van der Waals surface area contributed by atoms with Gasteiger partial charge in [0.15, 0.2) is 0 Å². The van der Waals surface area contributed by atoms with Crippen molar-refractivity contribution < 1.29 is 0 Å². The highest BCUT2D eigenvalue weighted by atomic mass is 32.2. The Balaban J connectivity index is 1.95. The van der Waals surface area contributed by atoms with Gasteiger partial charge in [0.1, 0.15) is 0 Å². The van der Waals surface area contributed by atoms with Gasteiger partial charge in [0.2, 0.25) is 0 Å². The molecule has 2 rings (SSSR count). The van der Waals surface area contributed by atoms with Gasteiger partial charge in [-0.2, -0.15) is 11.8 Å². The predicted molar refractivity (Wildman–Crippen MR) is 68.9 cm³/mol. The summed E-state index contributed by atoms with van der Waals surface area (Å²) in [5.74, 6) is 1.33. The van der Waals surface area contributed by atoms with E-state index in [0.29, 0.717) is 6.04 Å². The molecule has 1 fully saturated rings. The fourth-order valence-corrected chi connectivity index (χ4v) is 4.13. The van der Waals surface area contributed by atoms with Gasteiger partial charge in [-0.25, -0.2) is 4.98 Å². The minimum atomic E-state index is 0.596. The SMILES string of the molecule is CNC(Cc1csc(C)n1)C1CCCS1. The first-order chi connectivity index (χ1) is 7.29. The zero-order chi connectivity index (χ0) is 10.7. The Morgan fingerprint density at radius 2 is 2.53 bits per heavy atom. The molecule has 1 aliphatic rings. The molecule has 2 unspecified atom stereocenters. The summed E-state index contributed by atoms with van der Waals surface area (Å²) >= 11 is 3.87. The normalized spacial score (nSPS) is 23.2. The Bertz CT molecular complexity index is 305. The predicted octanol–water partition coefficient (Wildman–Crippen LogP) is 2.48. The van der Waals surface area contributed by atoms with E-state index in [2.05, 4.69) is 41.4 Å². The monoisotopic (exact) mass is 242 g/mol. The molecular formula is C11H18N2S2. The van der Waals surface area contributed by atoms with E-state index in [0.717, 1.165) is 11.7 Å². The van der Waals surface area contributed by atoms with Crippen LogP contribution in [-0.4, -0.2) is 29.1 Å². The van der Waals surface area contributed by atoms with E-state index < -0.39 is 0 Å². The third-order valence-corrected chi connectivity index (χ3v) is 5.22. The molecule has 2 nitrogen and oxygen atoms in total. The molecule has 0 radical (unpaired) electrons. The largest absolute Gasteiger partial charge is 0.316 e. The number of nitrogens with one attached hydrogen (secondary N) is 1. The number of nitrogens with zero attached hydrogens (tertiary/aromatic N) is 1. The standard InChI is InChI=1S/C11H18N2S2/c1-8-13-9(7-15-8)6-10(12-2)11-4-3-5-14-11/h7,10-12H,3-6H2,1-2H3. The Hall–Kier alpha value is -0.0600. The number of aromatic nitrogens is 1. The van der Waals surface area contributed by atoms with Gasteiger partial charge < -0.3 is 5.32 Å². The van der Waals surface area contributed by atoms with Gasteiger partial charge in [-0.3, -0.25) is 0 Å². The molecule has 0 bridgehead atoms. The average Bonchev–Trinajstić information content (AvgIpc) is 2.85. The molecule has 1 aromatic rings. The summed E-state index contributed by atoms with van der Waals surface area (Å²) in [7, 11) is 2.07. The van der Waals surface area contributed by atoms with Gasteiger partial charge in [-0.05, 0) is 32.6 Å². The lowest BCUT2D eigenvalue weighted by Crippen LogP contribution is -2.36. The minimum Gasteiger partial charge on any atom is -0.316 e. The van der Waals surface area contributed by atoms with Crippen molar-refractivity contribution in [1.82, 2.24) is 10.3 Å². The zero-order valence-corrected chi connectivity index (χ0v) is 11.0.